The average Bonchev–Trinajstić information content (AvgIpc) is 2.39. The summed E-state index contributed by atoms with van der Waals surface area (Å²) in [6.45, 7) is 5.04. The van der Waals surface area contributed by atoms with Gasteiger partial charge in [0.1, 0.15) is 5.75 Å². The Bertz CT molecular complexity index is 337. The molecule has 0 radical (unpaired) electrons. The van der Waals surface area contributed by atoms with Crippen molar-refractivity contribution < 1.29 is 9.84 Å². The highest BCUT2D eigenvalue weighted by atomic mass is 16.5. The van der Waals surface area contributed by atoms with Gasteiger partial charge in [0.25, 0.3) is 0 Å². The summed E-state index contributed by atoms with van der Waals surface area (Å²) < 4.78 is 5.11. The van der Waals surface area contributed by atoms with Crippen LogP contribution in [0.5, 0.6) is 5.75 Å². The van der Waals surface area contributed by atoms with Crippen LogP contribution in [0.15, 0.2) is 24.3 Å². The van der Waals surface area contributed by atoms with E-state index in [-0.39, 0.29) is 0 Å². The number of hydrogen-bond donors (Lipinski definition) is 1. The zero-order chi connectivity index (χ0) is 13.5. The van der Waals surface area contributed by atoms with E-state index in [1.807, 2.05) is 24.3 Å². The van der Waals surface area contributed by atoms with Crippen LogP contribution >= 0.6 is 0 Å². The van der Waals surface area contributed by atoms with Gasteiger partial charge in [-0.3, -0.25) is 0 Å². The SMILES string of the molecule is CCCC(C)N(C)CC(O)c1ccc(OC)cc1. The predicted octanol–water partition coefficient (Wildman–Crippen LogP) is 2.85. The highest BCUT2D eigenvalue weighted by molar-refractivity contribution is 5.28. The molecule has 1 aromatic carbocycles. The molecular formula is C15H25NO2. The monoisotopic (exact) mass is 251 g/mol. The van der Waals surface area contributed by atoms with Crippen LogP contribution in [0.25, 0.3) is 0 Å². The van der Waals surface area contributed by atoms with Crippen LogP contribution < -0.4 is 4.74 Å². The molecule has 0 aromatic heterocycles. The number of methoxy groups -OCH3 is 1. The van der Waals surface area contributed by atoms with Gasteiger partial charge >= 0.3 is 0 Å². The van der Waals surface area contributed by atoms with E-state index < -0.39 is 6.10 Å². The fourth-order valence-electron chi connectivity index (χ4n) is 2.02. The van der Waals surface area contributed by atoms with Crippen LogP contribution in [-0.4, -0.2) is 36.8 Å². The van der Waals surface area contributed by atoms with Crippen LogP contribution in [0.3, 0.4) is 0 Å². The van der Waals surface area contributed by atoms with Gasteiger partial charge in [0.2, 0.25) is 0 Å². The normalized spacial score (nSPS) is 14.6. The molecule has 1 rings (SSSR count). The molecule has 0 fully saturated rings. The highest BCUT2D eigenvalue weighted by Gasteiger charge is 2.14. The van der Waals surface area contributed by atoms with Gasteiger partial charge in [-0.25, -0.2) is 0 Å². The maximum Gasteiger partial charge on any atom is 0.118 e. The lowest BCUT2D eigenvalue weighted by atomic mass is 10.1. The van der Waals surface area contributed by atoms with Crippen molar-refractivity contribution in [1.82, 2.24) is 4.90 Å². The van der Waals surface area contributed by atoms with E-state index in [0.717, 1.165) is 17.7 Å². The first-order chi connectivity index (χ1) is 8.58. The van der Waals surface area contributed by atoms with Gasteiger partial charge in [-0.2, -0.15) is 0 Å². The number of nitrogens with zero attached hydrogens (tertiary/aromatic N) is 1. The minimum atomic E-state index is -0.444. The lowest BCUT2D eigenvalue weighted by molar-refractivity contribution is 0.106. The van der Waals surface area contributed by atoms with E-state index in [9.17, 15) is 5.11 Å². The molecule has 3 heteroatoms. The maximum atomic E-state index is 10.2. The van der Waals surface area contributed by atoms with E-state index in [1.165, 1.54) is 6.42 Å². The summed E-state index contributed by atoms with van der Waals surface area (Å²) in [6.07, 6.45) is 1.89. The summed E-state index contributed by atoms with van der Waals surface area (Å²) in [5, 5.41) is 10.2. The Kier molecular flexibility index (Phi) is 6.16. The largest absolute Gasteiger partial charge is 0.497 e. The Labute approximate surface area is 110 Å². The molecule has 0 saturated carbocycles. The zero-order valence-corrected chi connectivity index (χ0v) is 11.9. The van der Waals surface area contributed by atoms with E-state index in [1.54, 1.807) is 7.11 Å². The minimum absolute atomic E-state index is 0.444. The first kappa shape index (κ1) is 15.0. The molecule has 1 N–H and O–H groups in total. The summed E-state index contributed by atoms with van der Waals surface area (Å²) >= 11 is 0. The molecule has 2 unspecified atom stereocenters. The number of ether oxygens (including phenoxy) is 1. The zero-order valence-electron chi connectivity index (χ0n) is 11.9. The van der Waals surface area contributed by atoms with Crippen LogP contribution in [0.1, 0.15) is 38.4 Å². The Morgan fingerprint density at radius 3 is 2.39 bits per heavy atom. The van der Waals surface area contributed by atoms with Crippen molar-refractivity contribution >= 4 is 0 Å². The Morgan fingerprint density at radius 2 is 1.89 bits per heavy atom. The average molecular weight is 251 g/mol. The first-order valence-corrected chi connectivity index (χ1v) is 6.60. The van der Waals surface area contributed by atoms with Crippen LogP contribution in [0.2, 0.25) is 0 Å². The molecule has 102 valence electrons. The Balaban J connectivity index is 2.55. The van der Waals surface area contributed by atoms with Crippen molar-refractivity contribution in [2.75, 3.05) is 20.7 Å². The summed E-state index contributed by atoms with van der Waals surface area (Å²) in [6, 6.07) is 8.11. The molecule has 3 nitrogen and oxygen atoms in total. The van der Waals surface area contributed by atoms with E-state index in [4.69, 9.17) is 4.74 Å². The minimum Gasteiger partial charge on any atom is -0.497 e. The fraction of sp³-hybridized carbons (Fsp3) is 0.600. The van der Waals surface area contributed by atoms with Gasteiger partial charge in [0.15, 0.2) is 0 Å². The van der Waals surface area contributed by atoms with Crippen molar-refractivity contribution in [1.29, 1.82) is 0 Å². The number of likely N-dealkylation sites (N-methyl/N-ethyl adjacent to an activating group) is 1. The smallest absolute Gasteiger partial charge is 0.118 e. The van der Waals surface area contributed by atoms with Gasteiger partial charge in [0, 0.05) is 12.6 Å². The number of benzene rings is 1. The standard InChI is InChI=1S/C15H25NO2/c1-5-6-12(2)16(3)11-15(17)13-7-9-14(18-4)10-8-13/h7-10,12,15,17H,5-6,11H2,1-4H3. The highest BCUT2D eigenvalue weighted by Crippen LogP contribution is 2.19. The fourth-order valence-corrected chi connectivity index (χ4v) is 2.02. The van der Waals surface area contributed by atoms with Gasteiger partial charge in [0.05, 0.1) is 13.2 Å². The maximum absolute atomic E-state index is 10.2. The molecule has 0 saturated heterocycles. The number of rotatable bonds is 7. The third-order valence-corrected chi connectivity index (χ3v) is 3.42. The first-order valence-electron chi connectivity index (χ1n) is 6.60. The molecule has 0 heterocycles. The van der Waals surface area contributed by atoms with E-state index >= 15 is 0 Å². The molecule has 1 aromatic rings. The van der Waals surface area contributed by atoms with Crippen molar-refractivity contribution in [3.05, 3.63) is 29.8 Å². The van der Waals surface area contributed by atoms with E-state index in [0.29, 0.717) is 12.6 Å². The lowest BCUT2D eigenvalue weighted by Crippen LogP contribution is -2.32. The molecule has 0 amide bonds. The molecule has 0 aliphatic heterocycles. The molecule has 0 aliphatic rings. The van der Waals surface area contributed by atoms with Gasteiger partial charge in [-0.15, -0.1) is 0 Å². The summed E-state index contributed by atoms with van der Waals surface area (Å²) in [5.74, 6) is 0.818. The van der Waals surface area contributed by atoms with Gasteiger partial charge in [-0.1, -0.05) is 25.5 Å². The molecule has 2 atom stereocenters. The molecule has 0 bridgehead atoms. The quantitative estimate of drug-likeness (QED) is 0.809. The van der Waals surface area contributed by atoms with Crippen LogP contribution in [0, 0.1) is 0 Å². The third kappa shape index (κ3) is 4.31. The second-order valence-corrected chi connectivity index (χ2v) is 4.87. The second kappa shape index (κ2) is 7.39. The number of aliphatic hydroxyl groups excluding tert-OH is 1. The van der Waals surface area contributed by atoms with Gasteiger partial charge in [-0.05, 0) is 38.1 Å². The Morgan fingerprint density at radius 1 is 1.28 bits per heavy atom. The molecular weight excluding hydrogens is 226 g/mol. The van der Waals surface area contributed by atoms with E-state index in [2.05, 4.69) is 25.8 Å². The summed E-state index contributed by atoms with van der Waals surface area (Å²) in [4.78, 5) is 2.21. The summed E-state index contributed by atoms with van der Waals surface area (Å²) in [7, 11) is 3.71. The molecule has 0 spiro atoms. The third-order valence-electron chi connectivity index (χ3n) is 3.42. The second-order valence-electron chi connectivity index (χ2n) is 4.87. The van der Waals surface area contributed by atoms with Crippen molar-refractivity contribution in [3.63, 3.8) is 0 Å². The van der Waals surface area contributed by atoms with Crippen molar-refractivity contribution in [2.45, 2.75) is 38.8 Å². The summed E-state index contributed by atoms with van der Waals surface area (Å²) in [5.41, 5.74) is 0.936. The van der Waals surface area contributed by atoms with Crippen LogP contribution in [-0.2, 0) is 0 Å². The van der Waals surface area contributed by atoms with Crippen LogP contribution in [0.4, 0.5) is 0 Å². The molecule has 0 aliphatic carbocycles. The Hall–Kier alpha value is -1.06. The lowest BCUT2D eigenvalue weighted by Gasteiger charge is -2.26. The van der Waals surface area contributed by atoms with Gasteiger partial charge < -0.3 is 14.7 Å². The van der Waals surface area contributed by atoms with Crippen molar-refractivity contribution in [3.8, 4) is 5.75 Å². The number of aliphatic hydroxyl groups is 1. The predicted molar refractivity (Wildman–Crippen MR) is 75.0 cm³/mol. The topological polar surface area (TPSA) is 32.7 Å². The molecule has 18 heavy (non-hydrogen) atoms. The van der Waals surface area contributed by atoms with Crippen molar-refractivity contribution in [2.24, 2.45) is 0 Å². The number of hydrogen-bond acceptors (Lipinski definition) is 3.